The molecule has 0 saturated carbocycles. The number of amides is 1. The Morgan fingerprint density at radius 3 is 2.16 bits per heavy atom. The number of carboxylic acid groups (broad SMARTS) is 1. The van der Waals surface area contributed by atoms with Gasteiger partial charge in [0.15, 0.2) is 6.10 Å². The molecule has 0 aliphatic carbocycles. The molecule has 1 aromatic carbocycles. The number of alkyl halides is 3. The summed E-state index contributed by atoms with van der Waals surface area (Å²) in [5.41, 5.74) is -0.211. The van der Waals surface area contributed by atoms with Crippen molar-refractivity contribution in [3.05, 3.63) is 35.4 Å². The smallest absolute Gasteiger partial charge is 0.416 e. The Bertz CT molecular complexity index is 628. The number of hydrogen-bond donors (Lipinski definition) is 2. The predicted octanol–water partition coefficient (Wildman–Crippen LogP) is 3.15. The van der Waals surface area contributed by atoms with Crippen LogP contribution in [0.25, 0.3) is 0 Å². The van der Waals surface area contributed by atoms with Crippen LogP contribution in [0, 0.1) is 5.92 Å². The van der Waals surface area contributed by atoms with Gasteiger partial charge in [0.05, 0.1) is 11.6 Å². The first-order chi connectivity index (χ1) is 11.6. The van der Waals surface area contributed by atoms with Crippen molar-refractivity contribution in [2.24, 2.45) is 5.92 Å². The fourth-order valence-electron chi connectivity index (χ4n) is 2.77. The summed E-state index contributed by atoms with van der Waals surface area (Å²) >= 11 is 0. The highest BCUT2D eigenvalue weighted by Gasteiger charge is 2.36. The van der Waals surface area contributed by atoms with Gasteiger partial charge >= 0.3 is 12.1 Å². The average Bonchev–Trinajstić information content (AvgIpc) is 3.01. The van der Waals surface area contributed by atoms with Crippen molar-refractivity contribution < 1.29 is 32.6 Å². The van der Waals surface area contributed by atoms with Crippen LogP contribution in [0.1, 0.15) is 43.9 Å². The Morgan fingerprint density at radius 2 is 1.72 bits per heavy atom. The molecule has 0 bridgehead atoms. The van der Waals surface area contributed by atoms with Crippen molar-refractivity contribution in [2.45, 2.75) is 51.1 Å². The highest BCUT2D eigenvalue weighted by molar-refractivity contribution is 5.83. The maximum absolute atomic E-state index is 12.7. The number of nitrogens with one attached hydrogen (secondary N) is 1. The van der Waals surface area contributed by atoms with E-state index in [1.165, 1.54) is 12.1 Å². The molecule has 1 saturated heterocycles. The molecular formula is C17H20F3NO4. The van der Waals surface area contributed by atoms with Crippen LogP contribution in [-0.4, -0.2) is 29.2 Å². The zero-order valence-corrected chi connectivity index (χ0v) is 13.8. The van der Waals surface area contributed by atoms with Crippen molar-refractivity contribution in [1.82, 2.24) is 5.32 Å². The minimum Gasteiger partial charge on any atom is -0.479 e. The Hall–Kier alpha value is -2.09. The fraction of sp³-hybridized carbons (Fsp3) is 0.529. The molecule has 2 rings (SSSR count). The number of carbonyl (C=O) groups excluding carboxylic acids is 1. The van der Waals surface area contributed by atoms with E-state index in [0.717, 1.165) is 12.1 Å². The fourth-order valence-corrected chi connectivity index (χ4v) is 2.77. The third kappa shape index (κ3) is 4.72. The van der Waals surface area contributed by atoms with E-state index in [0.29, 0.717) is 12.0 Å². The largest absolute Gasteiger partial charge is 0.479 e. The lowest BCUT2D eigenvalue weighted by atomic mass is 9.94. The first kappa shape index (κ1) is 19.2. The van der Waals surface area contributed by atoms with Gasteiger partial charge in [0.25, 0.3) is 0 Å². The van der Waals surface area contributed by atoms with Gasteiger partial charge in [0.1, 0.15) is 6.10 Å². The molecule has 2 N–H and O–H groups in total. The number of ether oxygens (including phenoxy) is 1. The predicted molar refractivity (Wildman–Crippen MR) is 82.7 cm³/mol. The van der Waals surface area contributed by atoms with Gasteiger partial charge in [-0.25, -0.2) is 4.79 Å². The zero-order valence-electron chi connectivity index (χ0n) is 13.8. The number of hydrogen-bond acceptors (Lipinski definition) is 3. The molecule has 5 nitrogen and oxygen atoms in total. The summed E-state index contributed by atoms with van der Waals surface area (Å²) in [6.07, 6.45) is -5.74. The summed E-state index contributed by atoms with van der Waals surface area (Å²) in [5, 5.41) is 11.7. The normalized spacial score (nSPS) is 22.0. The second-order valence-corrected chi connectivity index (χ2v) is 6.38. The maximum atomic E-state index is 12.7. The van der Waals surface area contributed by atoms with Gasteiger partial charge in [0, 0.05) is 0 Å². The molecule has 3 atom stereocenters. The highest BCUT2D eigenvalue weighted by Crippen LogP contribution is 2.31. The monoisotopic (exact) mass is 359 g/mol. The molecule has 1 aliphatic heterocycles. The molecule has 1 unspecified atom stereocenters. The van der Waals surface area contributed by atoms with Gasteiger partial charge in [-0.15, -0.1) is 0 Å². The van der Waals surface area contributed by atoms with E-state index >= 15 is 0 Å². The van der Waals surface area contributed by atoms with Gasteiger partial charge in [-0.1, -0.05) is 26.0 Å². The Labute approximate surface area is 143 Å². The van der Waals surface area contributed by atoms with Gasteiger partial charge in [-0.05, 0) is 36.5 Å². The number of benzene rings is 1. The van der Waals surface area contributed by atoms with Crippen LogP contribution < -0.4 is 5.32 Å². The van der Waals surface area contributed by atoms with Crippen LogP contribution in [0.15, 0.2) is 24.3 Å². The highest BCUT2D eigenvalue weighted by atomic mass is 19.4. The lowest BCUT2D eigenvalue weighted by molar-refractivity contribution is -0.152. The SMILES string of the molecule is CC(C)C(NC(=O)[C@@H]1CC[C@H](C(=O)O)O1)c1ccc(C(F)(F)F)cc1. The molecule has 8 heteroatoms. The van der Waals surface area contributed by atoms with Crippen molar-refractivity contribution >= 4 is 11.9 Å². The second kappa shape index (κ2) is 7.43. The molecule has 138 valence electrons. The van der Waals surface area contributed by atoms with Crippen LogP contribution in [-0.2, 0) is 20.5 Å². The van der Waals surface area contributed by atoms with Crippen LogP contribution >= 0.6 is 0 Å². The zero-order chi connectivity index (χ0) is 18.8. The Kier molecular flexibility index (Phi) is 5.72. The minimum atomic E-state index is -4.42. The molecule has 0 aromatic heterocycles. The summed E-state index contributed by atoms with van der Waals surface area (Å²) in [7, 11) is 0. The first-order valence-electron chi connectivity index (χ1n) is 7.95. The van der Waals surface area contributed by atoms with E-state index in [1.54, 1.807) is 0 Å². The van der Waals surface area contributed by atoms with Crippen LogP contribution in [0.3, 0.4) is 0 Å². The molecule has 1 amide bonds. The van der Waals surface area contributed by atoms with E-state index in [4.69, 9.17) is 9.84 Å². The Balaban J connectivity index is 2.08. The molecule has 25 heavy (non-hydrogen) atoms. The molecule has 0 spiro atoms. The van der Waals surface area contributed by atoms with Crippen molar-refractivity contribution in [3.63, 3.8) is 0 Å². The second-order valence-electron chi connectivity index (χ2n) is 6.38. The summed E-state index contributed by atoms with van der Waals surface area (Å²) < 4.78 is 43.2. The van der Waals surface area contributed by atoms with Gasteiger partial charge < -0.3 is 15.2 Å². The summed E-state index contributed by atoms with van der Waals surface area (Å²) in [6, 6.07) is 4.13. The number of carbonyl (C=O) groups is 2. The minimum absolute atomic E-state index is 0.0719. The number of rotatable bonds is 5. The van der Waals surface area contributed by atoms with E-state index < -0.39 is 41.9 Å². The van der Waals surface area contributed by atoms with Crippen molar-refractivity contribution in [1.29, 1.82) is 0 Å². The van der Waals surface area contributed by atoms with E-state index in [1.807, 2.05) is 13.8 Å². The molecule has 1 aliphatic rings. The molecular weight excluding hydrogens is 339 g/mol. The Morgan fingerprint density at radius 1 is 1.16 bits per heavy atom. The number of aliphatic carboxylic acids is 1. The van der Waals surface area contributed by atoms with Crippen LogP contribution in [0.5, 0.6) is 0 Å². The van der Waals surface area contributed by atoms with E-state index in [-0.39, 0.29) is 12.3 Å². The number of halogens is 3. The third-order valence-electron chi connectivity index (χ3n) is 4.15. The molecule has 0 radical (unpaired) electrons. The quantitative estimate of drug-likeness (QED) is 0.847. The van der Waals surface area contributed by atoms with Crippen LogP contribution in [0.4, 0.5) is 13.2 Å². The molecule has 1 fully saturated rings. The molecule has 1 heterocycles. The van der Waals surface area contributed by atoms with Crippen molar-refractivity contribution in [2.75, 3.05) is 0 Å². The summed E-state index contributed by atoms with van der Waals surface area (Å²) in [6.45, 7) is 3.66. The average molecular weight is 359 g/mol. The lowest BCUT2D eigenvalue weighted by Gasteiger charge is -2.25. The van der Waals surface area contributed by atoms with Crippen LogP contribution in [0.2, 0.25) is 0 Å². The van der Waals surface area contributed by atoms with Crippen molar-refractivity contribution in [3.8, 4) is 0 Å². The van der Waals surface area contributed by atoms with Gasteiger partial charge in [-0.3, -0.25) is 4.79 Å². The summed E-state index contributed by atoms with van der Waals surface area (Å²) in [4.78, 5) is 23.2. The topological polar surface area (TPSA) is 75.6 Å². The summed E-state index contributed by atoms with van der Waals surface area (Å²) in [5.74, 6) is -1.64. The van der Waals surface area contributed by atoms with E-state index in [2.05, 4.69) is 5.32 Å². The van der Waals surface area contributed by atoms with Gasteiger partial charge in [0.2, 0.25) is 5.91 Å². The van der Waals surface area contributed by atoms with Gasteiger partial charge in [-0.2, -0.15) is 13.2 Å². The molecule has 1 aromatic rings. The lowest BCUT2D eigenvalue weighted by Crippen LogP contribution is -2.39. The first-order valence-corrected chi connectivity index (χ1v) is 7.95. The standard InChI is InChI=1S/C17H20F3NO4/c1-9(2)14(10-3-5-11(6-4-10)17(18,19)20)21-15(22)12-7-8-13(25-12)16(23)24/h3-6,9,12-14H,7-8H2,1-2H3,(H,21,22)(H,23,24)/t12-,13+,14?/m0/s1. The maximum Gasteiger partial charge on any atom is 0.416 e. The number of carboxylic acids is 1. The van der Waals surface area contributed by atoms with E-state index in [9.17, 15) is 22.8 Å². The third-order valence-corrected chi connectivity index (χ3v) is 4.15.